The lowest BCUT2D eigenvalue weighted by Crippen LogP contribution is -2.36. The van der Waals surface area contributed by atoms with Crippen LogP contribution in [0.2, 0.25) is 5.02 Å². The molecule has 0 radical (unpaired) electrons. The second kappa shape index (κ2) is 7.66. The molecule has 1 aromatic heterocycles. The Morgan fingerprint density at radius 3 is 2.57 bits per heavy atom. The summed E-state index contributed by atoms with van der Waals surface area (Å²) < 4.78 is 24.3. The number of rotatable bonds is 5. The van der Waals surface area contributed by atoms with Gasteiger partial charge in [-0.15, -0.1) is 0 Å². The van der Waals surface area contributed by atoms with Gasteiger partial charge in [-0.2, -0.15) is 0 Å². The molecule has 3 aromatic rings. The van der Waals surface area contributed by atoms with E-state index < -0.39 is 30.5 Å². The number of pyridine rings is 1. The van der Waals surface area contributed by atoms with E-state index in [1.54, 1.807) is 48.5 Å². The number of anilines is 2. The molecular formula is C21H22ClN3O3. The first-order chi connectivity index (χ1) is 14.4. The Kier molecular flexibility index (Phi) is 4.42. The zero-order chi connectivity index (χ0) is 23.0. The van der Waals surface area contributed by atoms with Crippen molar-refractivity contribution in [3.05, 3.63) is 63.9 Å². The van der Waals surface area contributed by atoms with Gasteiger partial charge in [0.05, 0.1) is 23.2 Å². The van der Waals surface area contributed by atoms with Crippen LogP contribution in [0.3, 0.4) is 0 Å². The fraction of sp³-hybridized carbons (Fsp3) is 0.238. The van der Waals surface area contributed by atoms with E-state index in [2.05, 4.69) is 10.6 Å². The number of carbonyl (C=O) groups excluding carboxylic acids is 1. The number of amides is 1. The molecule has 0 aliphatic rings. The predicted octanol–water partition coefficient (Wildman–Crippen LogP) is 3.64. The maximum absolute atomic E-state index is 13.6. The van der Waals surface area contributed by atoms with Crippen molar-refractivity contribution in [2.24, 2.45) is 5.41 Å². The average molecular weight is 403 g/mol. The van der Waals surface area contributed by atoms with Gasteiger partial charge >= 0.3 is 0 Å². The standard InChI is InChI=1S/C21H22ClN3O3/c1-21(2,12-26)20(28)24-18-17(23-3)15-10-9-13(22)11-16(15)25(19(18)27)14-7-5-4-6-8-14/h4-11,23,26H,12H2,1-3H3,(H,24,28)/i3D3. The molecule has 0 saturated heterocycles. The molecule has 0 saturated carbocycles. The third-order valence-electron chi connectivity index (χ3n) is 4.52. The van der Waals surface area contributed by atoms with Crippen LogP contribution in [0.1, 0.15) is 18.0 Å². The van der Waals surface area contributed by atoms with Crippen LogP contribution in [0, 0.1) is 5.41 Å². The number of para-hydroxylation sites is 1. The molecule has 3 N–H and O–H groups in total. The van der Waals surface area contributed by atoms with Gasteiger partial charge in [0.25, 0.3) is 5.56 Å². The van der Waals surface area contributed by atoms with Gasteiger partial charge < -0.3 is 15.7 Å². The molecular weight excluding hydrogens is 378 g/mol. The van der Waals surface area contributed by atoms with Crippen LogP contribution in [0.15, 0.2) is 53.3 Å². The average Bonchev–Trinajstić information content (AvgIpc) is 2.70. The van der Waals surface area contributed by atoms with Crippen LogP contribution in [0.25, 0.3) is 16.6 Å². The first-order valence-corrected chi connectivity index (χ1v) is 8.96. The number of halogens is 1. The normalized spacial score (nSPS) is 13.5. The minimum absolute atomic E-state index is 0.0501. The highest BCUT2D eigenvalue weighted by molar-refractivity contribution is 6.31. The second-order valence-electron chi connectivity index (χ2n) is 7.01. The van der Waals surface area contributed by atoms with Crippen molar-refractivity contribution >= 4 is 39.8 Å². The van der Waals surface area contributed by atoms with Crippen molar-refractivity contribution in [1.82, 2.24) is 4.57 Å². The van der Waals surface area contributed by atoms with Crippen LogP contribution < -0.4 is 16.2 Å². The van der Waals surface area contributed by atoms with E-state index in [1.807, 2.05) is 0 Å². The zero-order valence-corrected chi connectivity index (χ0v) is 16.2. The summed E-state index contributed by atoms with van der Waals surface area (Å²) in [4.78, 5) is 26.3. The molecule has 0 bridgehead atoms. The molecule has 6 nitrogen and oxygen atoms in total. The smallest absolute Gasteiger partial charge is 0.281 e. The van der Waals surface area contributed by atoms with Gasteiger partial charge in [-0.25, -0.2) is 0 Å². The topological polar surface area (TPSA) is 83.4 Å². The number of aliphatic hydroxyl groups excluding tert-OH is 1. The Hall–Kier alpha value is -2.83. The van der Waals surface area contributed by atoms with E-state index in [4.69, 9.17) is 15.7 Å². The van der Waals surface area contributed by atoms with E-state index in [0.29, 0.717) is 21.6 Å². The molecule has 28 heavy (non-hydrogen) atoms. The number of benzene rings is 2. The highest BCUT2D eigenvalue weighted by Gasteiger charge is 2.29. The minimum atomic E-state index is -2.64. The van der Waals surface area contributed by atoms with Crippen LogP contribution in [0.5, 0.6) is 0 Å². The van der Waals surface area contributed by atoms with Crippen molar-refractivity contribution in [1.29, 1.82) is 0 Å². The molecule has 0 aliphatic carbocycles. The van der Waals surface area contributed by atoms with Crippen molar-refractivity contribution in [2.75, 3.05) is 24.2 Å². The van der Waals surface area contributed by atoms with Gasteiger partial charge in [-0.05, 0) is 44.2 Å². The maximum atomic E-state index is 13.6. The van der Waals surface area contributed by atoms with Crippen molar-refractivity contribution in [2.45, 2.75) is 13.8 Å². The summed E-state index contributed by atoms with van der Waals surface area (Å²) in [5.41, 5.74) is -1.25. The predicted molar refractivity (Wildman–Crippen MR) is 114 cm³/mol. The number of hydrogen-bond donors (Lipinski definition) is 3. The number of hydrogen-bond acceptors (Lipinski definition) is 4. The quantitative estimate of drug-likeness (QED) is 0.608. The molecule has 0 atom stereocenters. The number of fused-ring (bicyclic) bond motifs is 1. The number of nitrogens with one attached hydrogen (secondary N) is 2. The Balaban J connectivity index is 2.41. The second-order valence-corrected chi connectivity index (χ2v) is 7.45. The lowest BCUT2D eigenvalue weighted by atomic mass is 9.93. The highest BCUT2D eigenvalue weighted by Crippen LogP contribution is 2.32. The van der Waals surface area contributed by atoms with Gasteiger partial charge in [-0.3, -0.25) is 14.2 Å². The van der Waals surface area contributed by atoms with E-state index >= 15 is 0 Å². The van der Waals surface area contributed by atoms with E-state index in [0.717, 1.165) is 0 Å². The molecule has 0 aliphatic heterocycles. The first kappa shape index (κ1) is 16.2. The molecule has 0 fully saturated rings. The van der Waals surface area contributed by atoms with E-state index in [-0.39, 0.29) is 11.4 Å². The summed E-state index contributed by atoms with van der Waals surface area (Å²) in [5, 5.41) is 15.2. The van der Waals surface area contributed by atoms with Gasteiger partial charge in [0.15, 0.2) is 0 Å². The SMILES string of the molecule is [2H]C([2H])([2H])Nc1c(NC(=O)C(C)(C)CO)c(=O)n(-c2ccccc2)c2cc(Cl)ccc12. The van der Waals surface area contributed by atoms with E-state index in [9.17, 15) is 14.7 Å². The van der Waals surface area contributed by atoms with Crippen molar-refractivity contribution in [3.63, 3.8) is 0 Å². The Labute approximate surface area is 172 Å². The Bertz CT molecular complexity index is 1190. The Morgan fingerprint density at radius 2 is 1.93 bits per heavy atom. The fourth-order valence-corrected chi connectivity index (χ4v) is 2.96. The van der Waals surface area contributed by atoms with Gasteiger partial charge in [0.1, 0.15) is 5.69 Å². The summed E-state index contributed by atoms with van der Waals surface area (Å²) in [6, 6.07) is 13.4. The summed E-state index contributed by atoms with van der Waals surface area (Å²) >= 11 is 6.17. The van der Waals surface area contributed by atoms with Crippen LogP contribution in [-0.2, 0) is 4.79 Å². The number of nitrogens with zero attached hydrogens (tertiary/aromatic N) is 1. The molecule has 146 valence electrons. The first-order valence-electron chi connectivity index (χ1n) is 10.1. The third-order valence-corrected chi connectivity index (χ3v) is 4.76. The zero-order valence-electron chi connectivity index (χ0n) is 18.4. The molecule has 7 heteroatoms. The highest BCUT2D eigenvalue weighted by atomic mass is 35.5. The van der Waals surface area contributed by atoms with Gasteiger partial charge in [-0.1, -0.05) is 29.8 Å². The molecule has 0 spiro atoms. The van der Waals surface area contributed by atoms with Gasteiger partial charge in [0, 0.05) is 27.2 Å². The molecule has 3 rings (SSSR count). The third kappa shape index (κ3) is 3.48. The Morgan fingerprint density at radius 1 is 1.21 bits per heavy atom. The maximum Gasteiger partial charge on any atom is 0.281 e. The lowest BCUT2D eigenvalue weighted by molar-refractivity contribution is -0.125. The molecule has 2 aromatic carbocycles. The summed E-state index contributed by atoms with van der Waals surface area (Å²) in [6.07, 6.45) is 0. The largest absolute Gasteiger partial charge is 0.395 e. The van der Waals surface area contributed by atoms with Gasteiger partial charge in [0.2, 0.25) is 5.91 Å². The van der Waals surface area contributed by atoms with Crippen molar-refractivity contribution < 1.29 is 14.0 Å². The van der Waals surface area contributed by atoms with Crippen LogP contribution >= 0.6 is 11.6 Å². The fourth-order valence-electron chi connectivity index (χ4n) is 2.80. The van der Waals surface area contributed by atoms with Crippen LogP contribution in [0.4, 0.5) is 11.4 Å². The van der Waals surface area contributed by atoms with Crippen molar-refractivity contribution in [3.8, 4) is 5.69 Å². The number of aliphatic hydroxyl groups is 1. The summed E-state index contributed by atoms with van der Waals surface area (Å²) in [6.45, 7) is -0.0771. The molecule has 1 heterocycles. The van der Waals surface area contributed by atoms with Crippen LogP contribution in [-0.4, -0.2) is 29.2 Å². The molecule has 1 amide bonds. The number of carbonyl (C=O) groups is 1. The monoisotopic (exact) mass is 402 g/mol. The minimum Gasteiger partial charge on any atom is -0.395 e. The summed E-state index contributed by atoms with van der Waals surface area (Å²) in [7, 11) is 0. The lowest BCUT2D eigenvalue weighted by Gasteiger charge is -2.23. The van der Waals surface area contributed by atoms with E-state index in [1.165, 1.54) is 18.4 Å². The molecule has 0 unspecified atom stereocenters. The summed E-state index contributed by atoms with van der Waals surface area (Å²) in [5.74, 6) is -0.631. The number of aromatic nitrogens is 1.